The van der Waals surface area contributed by atoms with Gasteiger partial charge in [0.2, 0.25) is 0 Å². The standard InChI is InChI=1S/C20H20N4O/c1-12-6-4-5-7-16(12)15-9-18-17(19(25)10-15)11-21-24(18)20-22-13(2)8-14(3)23-20/h4-8,11,15H,9-10H2,1-3H3/t15-/m0/s1. The Morgan fingerprint density at radius 1 is 1.04 bits per heavy atom. The van der Waals surface area contributed by atoms with Crippen LogP contribution in [0.3, 0.4) is 0 Å². The predicted octanol–water partition coefficient (Wildman–Crippen LogP) is 3.50. The molecule has 4 rings (SSSR count). The first kappa shape index (κ1) is 15.7. The first-order valence-electron chi connectivity index (χ1n) is 8.51. The van der Waals surface area contributed by atoms with Gasteiger partial charge in [-0.05, 0) is 50.3 Å². The zero-order chi connectivity index (χ0) is 17.6. The summed E-state index contributed by atoms with van der Waals surface area (Å²) in [5.41, 5.74) is 5.85. The van der Waals surface area contributed by atoms with E-state index in [-0.39, 0.29) is 11.7 Å². The average Bonchev–Trinajstić information content (AvgIpc) is 2.99. The minimum Gasteiger partial charge on any atom is -0.294 e. The van der Waals surface area contributed by atoms with Gasteiger partial charge in [0.15, 0.2) is 5.78 Å². The Labute approximate surface area is 146 Å². The molecule has 2 aromatic heterocycles. The lowest BCUT2D eigenvalue weighted by molar-refractivity contribution is 0.0963. The van der Waals surface area contributed by atoms with Crippen molar-refractivity contribution in [1.82, 2.24) is 19.7 Å². The number of hydrogen-bond acceptors (Lipinski definition) is 4. The van der Waals surface area contributed by atoms with Gasteiger partial charge in [0, 0.05) is 17.8 Å². The minimum atomic E-state index is 0.144. The van der Waals surface area contributed by atoms with Crippen molar-refractivity contribution in [3.8, 4) is 5.95 Å². The number of aromatic nitrogens is 4. The monoisotopic (exact) mass is 332 g/mol. The van der Waals surface area contributed by atoms with E-state index in [1.807, 2.05) is 32.0 Å². The highest BCUT2D eigenvalue weighted by Crippen LogP contribution is 2.34. The molecule has 1 aliphatic carbocycles. The molecule has 3 aromatic rings. The van der Waals surface area contributed by atoms with Gasteiger partial charge >= 0.3 is 0 Å². The number of Topliss-reactive ketones (excluding diaryl/α,β-unsaturated/α-hetero) is 1. The number of fused-ring (bicyclic) bond motifs is 1. The van der Waals surface area contributed by atoms with Crippen LogP contribution in [0.4, 0.5) is 0 Å². The second-order valence-electron chi connectivity index (χ2n) is 6.75. The molecule has 0 bridgehead atoms. The molecule has 1 aromatic carbocycles. The van der Waals surface area contributed by atoms with Gasteiger partial charge in [-0.15, -0.1) is 0 Å². The Kier molecular flexibility index (Phi) is 3.71. The lowest BCUT2D eigenvalue weighted by atomic mass is 9.81. The van der Waals surface area contributed by atoms with E-state index in [0.29, 0.717) is 17.9 Å². The Balaban J connectivity index is 1.79. The van der Waals surface area contributed by atoms with E-state index >= 15 is 0 Å². The summed E-state index contributed by atoms with van der Waals surface area (Å²) < 4.78 is 1.73. The van der Waals surface area contributed by atoms with Gasteiger partial charge in [0.25, 0.3) is 5.95 Å². The van der Waals surface area contributed by atoms with E-state index in [9.17, 15) is 4.79 Å². The van der Waals surface area contributed by atoms with E-state index in [1.165, 1.54) is 11.1 Å². The second kappa shape index (κ2) is 5.92. The van der Waals surface area contributed by atoms with Crippen LogP contribution in [0.5, 0.6) is 0 Å². The van der Waals surface area contributed by atoms with Crippen LogP contribution >= 0.6 is 0 Å². The molecule has 0 N–H and O–H groups in total. The van der Waals surface area contributed by atoms with Crippen LogP contribution in [-0.2, 0) is 6.42 Å². The molecule has 0 saturated heterocycles. The first-order valence-corrected chi connectivity index (χ1v) is 8.51. The summed E-state index contributed by atoms with van der Waals surface area (Å²) in [5, 5.41) is 4.42. The molecule has 5 heteroatoms. The molecule has 2 heterocycles. The van der Waals surface area contributed by atoms with Gasteiger partial charge in [-0.3, -0.25) is 4.79 Å². The molecule has 0 unspecified atom stereocenters. The van der Waals surface area contributed by atoms with Gasteiger partial charge in [-0.2, -0.15) is 5.10 Å². The van der Waals surface area contributed by atoms with Crippen LogP contribution in [0.15, 0.2) is 36.5 Å². The molecule has 25 heavy (non-hydrogen) atoms. The molecule has 5 nitrogen and oxygen atoms in total. The smallest absolute Gasteiger partial charge is 0.251 e. The summed E-state index contributed by atoms with van der Waals surface area (Å²) >= 11 is 0. The number of carbonyl (C=O) groups excluding carboxylic acids is 1. The summed E-state index contributed by atoms with van der Waals surface area (Å²) in [5.74, 6) is 0.852. The lowest BCUT2D eigenvalue weighted by Crippen LogP contribution is -2.21. The molecule has 0 aliphatic heterocycles. The topological polar surface area (TPSA) is 60.7 Å². The molecule has 1 atom stereocenters. The number of benzene rings is 1. The van der Waals surface area contributed by atoms with Crippen molar-refractivity contribution in [3.05, 3.63) is 70.3 Å². The molecule has 0 spiro atoms. The van der Waals surface area contributed by atoms with Gasteiger partial charge in [-0.25, -0.2) is 14.6 Å². The highest BCUT2D eigenvalue weighted by Gasteiger charge is 2.31. The molecule has 1 aliphatic rings. The number of aryl methyl sites for hydroxylation is 3. The van der Waals surface area contributed by atoms with Crippen LogP contribution in [0.1, 0.15) is 50.9 Å². The fourth-order valence-corrected chi connectivity index (χ4v) is 3.68. The van der Waals surface area contributed by atoms with Crippen LogP contribution in [0.25, 0.3) is 5.95 Å². The Hall–Kier alpha value is -2.82. The maximum absolute atomic E-state index is 12.7. The maximum atomic E-state index is 12.7. The van der Waals surface area contributed by atoms with Crippen molar-refractivity contribution in [3.63, 3.8) is 0 Å². The third kappa shape index (κ3) is 2.76. The fourth-order valence-electron chi connectivity index (χ4n) is 3.68. The van der Waals surface area contributed by atoms with Crippen molar-refractivity contribution in [2.45, 2.75) is 39.5 Å². The van der Waals surface area contributed by atoms with Crippen LogP contribution < -0.4 is 0 Å². The van der Waals surface area contributed by atoms with Gasteiger partial charge < -0.3 is 0 Å². The molecule has 0 fully saturated rings. The van der Waals surface area contributed by atoms with Crippen molar-refractivity contribution >= 4 is 5.78 Å². The molecule has 0 amide bonds. The molecule has 126 valence electrons. The summed E-state index contributed by atoms with van der Waals surface area (Å²) in [6, 6.07) is 10.2. The lowest BCUT2D eigenvalue weighted by Gasteiger charge is -2.24. The maximum Gasteiger partial charge on any atom is 0.251 e. The summed E-state index contributed by atoms with van der Waals surface area (Å²) in [4.78, 5) is 21.7. The second-order valence-corrected chi connectivity index (χ2v) is 6.75. The molecular formula is C20H20N4O. The zero-order valence-electron chi connectivity index (χ0n) is 14.7. The Morgan fingerprint density at radius 2 is 1.76 bits per heavy atom. The molecule has 0 saturated carbocycles. The highest BCUT2D eigenvalue weighted by molar-refractivity contribution is 5.98. The van der Waals surface area contributed by atoms with E-state index in [2.05, 4.69) is 34.1 Å². The Morgan fingerprint density at radius 3 is 2.48 bits per heavy atom. The van der Waals surface area contributed by atoms with E-state index in [1.54, 1.807) is 10.9 Å². The van der Waals surface area contributed by atoms with E-state index in [0.717, 1.165) is 23.5 Å². The van der Waals surface area contributed by atoms with Crippen LogP contribution in [0.2, 0.25) is 0 Å². The summed E-state index contributed by atoms with van der Waals surface area (Å²) in [7, 11) is 0. The minimum absolute atomic E-state index is 0.144. The highest BCUT2D eigenvalue weighted by atomic mass is 16.1. The van der Waals surface area contributed by atoms with Crippen molar-refractivity contribution in [2.24, 2.45) is 0 Å². The van der Waals surface area contributed by atoms with E-state index in [4.69, 9.17) is 0 Å². The van der Waals surface area contributed by atoms with Gasteiger partial charge in [0.05, 0.1) is 17.5 Å². The average molecular weight is 332 g/mol. The van der Waals surface area contributed by atoms with Crippen molar-refractivity contribution in [2.75, 3.05) is 0 Å². The van der Waals surface area contributed by atoms with Crippen molar-refractivity contribution < 1.29 is 4.79 Å². The number of nitrogens with zero attached hydrogens (tertiary/aromatic N) is 4. The number of ketones is 1. The van der Waals surface area contributed by atoms with Crippen LogP contribution in [0, 0.1) is 20.8 Å². The number of carbonyl (C=O) groups is 1. The SMILES string of the molecule is Cc1cc(C)nc(-n2ncc3c2C[C@H](c2ccccc2C)CC3=O)n1. The molecular weight excluding hydrogens is 312 g/mol. The predicted molar refractivity (Wildman–Crippen MR) is 95.2 cm³/mol. The zero-order valence-corrected chi connectivity index (χ0v) is 14.7. The fraction of sp³-hybridized carbons (Fsp3) is 0.300. The normalized spacial score (nSPS) is 16.8. The largest absolute Gasteiger partial charge is 0.294 e. The van der Waals surface area contributed by atoms with Gasteiger partial charge in [-0.1, -0.05) is 24.3 Å². The summed E-state index contributed by atoms with van der Waals surface area (Å²) in [6.07, 6.45) is 2.95. The summed E-state index contributed by atoms with van der Waals surface area (Å²) in [6.45, 7) is 5.98. The molecule has 0 radical (unpaired) electrons. The third-order valence-corrected chi connectivity index (χ3v) is 4.83. The number of hydrogen-bond donors (Lipinski definition) is 0. The third-order valence-electron chi connectivity index (χ3n) is 4.83. The Bertz CT molecular complexity index is 953. The van der Waals surface area contributed by atoms with Crippen molar-refractivity contribution in [1.29, 1.82) is 0 Å². The van der Waals surface area contributed by atoms with Gasteiger partial charge in [0.1, 0.15) is 0 Å². The number of rotatable bonds is 2. The van der Waals surface area contributed by atoms with E-state index < -0.39 is 0 Å². The quantitative estimate of drug-likeness (QED) is 0.720. The first-order chi connectivity index (χ1) is 12.0. The van der Waals surface area contributed by atoms with Crippen LogP contribution in [-0.4, -0.2) is 25.5 Å².